The Hall–Kier alpha value is 0. The van der Waals surface area contributed by atoms with Crippen LogP contribution in [0, 0.1) is 29.6 Å². The van der Waals surface area contributed by atoms with Crippen LogP contribution >= 0.6 is 0 Å². The fraction of sp³-hybridized carbons (Fsp3) is 1.00. The fourth-order valence-electron chi connectivity index (χ4n) is 5.61. The molecule has 0 heteroatoms. The molecule has 0 saturated heterocycles. The lowest BCUT2D eigenvalue weighted by Crippen LogP contribution is -2.15. The smallest absolute Gasteiger partial charge is 0.0355 e. The summed E-state index contributed by atoms with van der Waals surface area (Å²) in [5.41, 5.74) is 0. The highest BCUT2D eigenvalue weighted by molar-refractivity contribution is 4.98. The van der Waals surface area contributed by atoms with E-state index in [9.17, 15) is 0 Å². The molecule has 0 spiro atoms. The quantitative estimate of drug-likeness (QED) is 0.441. The van der Waals surface area contributed by atoms with E-state index in [2.05, 4.69) is 20.8 Å². The van der Waals surface area contributed by atoms with Crippen molar-refractivity contribution in [3.63, 3.8) is 0 Å². The van der Waals surface area contributed by atoms with E-state index < -0.39 is 0 Å². The lowest BCUT2D eigenvalue weighted by atomic mass is 9.82. The Kier molecular flexibility index (Phi) is 16.2. The van der Waals surface area contributed by atoms with Crippen molar-refractivity contribution < 1.29 is 0 Å². The highest BCUT2D eigenvalue weighted by atomic mass is 14.5. The van der Waals surface area contributed by atoms with Gasteiger partial charge in [-0.2, -0.15) is 0 Å². The van der Waals surface area contributed by atoms with Gasteiger partial charge in [-0.15, -0.1) is 0 Å². The highest BCUT2D eigenvalue weighted by Crippen LogP contribution is 2.58. The van der Waals surface area contributed by atoms with Gasteiger partial charge in [0.1, 0.15) is 0 Å². The van der Waals surface area contributed by atoms with Gasteiger partial charge in [0.2, 0.25) is 0 Å². The minimum Gasteiger partial charge on any atom is -0.0683 e. The summed E-state index contributed by atoms with van der Waals surface area (Å²) < 4.78 is 0. The van der Waals surface area contributed by atoms with Crippen LogP contribution < -0.4 is 0 Å². The summed E-state index contributed by atoms with van der Waals surface area (Å²) in [6.45, 7) is 14.6. The summed E-state index contributed by atoms with van der Waals surface area (Å²) >= 11 is 0. The molecule has 0 radical (unpaired) electrons. The molecule has 0 aliphatic heterocycles. The van der Waals surface area contributed by atoms with Crippen LogP contribution in [0.5, 0.6) is 0 Å². The molecule has 2 bridgehead atoms. The van der Waals surface area contributed by atoms with Crippen molar-refractivity contribution >= 4 is 0 Å². The Morgan fingerprint density at radius 3 is 1.36 bits per heavy atom. The lowest BCUT2D eigenvalue weighted by molar-refractivity contribution is 0.259. The third-order valence-electron chi connectivity index (χ3n) is 6.65. The summed E-state index contributed by atoms with van der Waals surface area (Å²) in [5.74, 6) is 5.89. The Bertz CT molecular complexity index is 247. The molecule has 152 valence electrons. The maximum Gasteiger partial charge on any atom is -0.0355 e. The van der Waals surface area contributed by atoms with Crippen LogP contribution in [0.3, 0.4) is 0 Å². The van der Waals surface area contributed by atoms with Crippen molar-refractivity contribution in [2.45, 2.75) is 132 Å². The summed E-state index contributed by atoms with van der Waals surface area (Å²) in [4.78, 5) is 0. The molecule has 0 aromatic heterocycles. The van der Waals surface area contributed by atoms with Gasteiger partial charge in [-0.25, -0.2) is 0 Å². The second-order valence-electron chi connectivity index (χ2n) is 8.21. The van der Waals surface area contributed by atoms with E-state index in [4.69, 9.17) is 0 Å². The van der Waals surface area contributed by atoms with E-state index in [1.807, 2.05) is 27.7 Å². The second kappa shape index (κ2) is 16.2. The van der Waals surface area contributed by atoms with Crippen LogP contribution in [0.1, 0.15) is 132 Å². The molecule has 4 rings (SSSR count). The molecule has 0 amide bonds. The number of fused-ring (bicyclic) bond motifs is 5. The number of rotatable bonds is 1. The normalized spacial score (nSPS) is 31.8. The summed E-state index contributed by atoms with van der Waals surface area (Å²) in [6.07, 6.45) is 19.7. The van der Waals surface area contributed by atoms with E-state index in [1.54, 1.807) is 38.5 Å². The van der Waals surface area contributed by atoms with E-state index in [-0.39, 0.29) is 0 Å². The Morgan fingerprint density at radius 2 is 1.00 bits per heavy atom. The van der Waals surface area contributed by atoms with Gasteiger partial charge in [0.15, 0.2) is 0 Å². The molecule has 0 heterocycles. The molecule has 0 aromatic carbocycles. The maximum absolute atomic E-state index is 2.32. The molecule has 25 heavy (non-hydrogen) atoms. The first-order valence-corrected chi connectivity index (χ1v) is 12.3. The summed E-state index contributed by atoms with van der Waals surface area (Å²) in [5, 5.41) is 0. The zero-order valence-electron chi connectivity index (χ0n) is 19.1. The molecular formula is C25H52. The average Bonchev–Trinajstić information content (AvgIpc) is 3.42. The van der Waals surface area contributed by atoms with Gasteiger partial charge in [-0.1, -0.05) is 99.8 Å². The maximum atomic E-state index is 2.32. The van der Waals surface area contributed by atoms with E-state index in [0.717, 1.165) is 5.92 Å². The van der Waals surface area contributed by atoms with Crippen molar-refractivity contribution in [1.82, 2.24) is 0 Å². The molecule has 4 saturated carbocycles. The monoisotopic (exact) mass is 352 g/mol. The SMILES string of the molecule is C1CC2C3CCC(C3)C2C1.CC.CC.CCC.CCC1CCCCC1. The Balaban J connectivity index is 0.000000348. The first-order chi connectivity index (χ1) is 12.3. The molecule has 4 aliphatic rings. The van der Waals surface area contributed by atoms with E-state index >= 15 is 0 Å². The van der Waals surface area contributed by atoms with Crippen molar-refractivity contribution in [3.05, 3.63) is 0 Å². The molecule has 4 fully saturated rings. The van der Waals surface area contributed by atoms with Gasteiger partial charge in [-0.05, 0) is 61.7 Å². The third-order valence-corrected chi connectivity index (χ3v) is 6.65. The highest BCUT2D eigenvalue weighted by Gasteiger charge is 2.48. The number of hydrogen-bond acceptors (Lipinski definition) is 0. The van der Waals surface area contributed by atoms with Gasteiger partial charge in [-0.3, -0.25) is 0 Å². The van der Waals surface area contributed by atoms with Gasteiger partial charge in [0.05, 0.1) is 0 Å². The van der Waals surface area contributed by atoms with Gasteiger partial charge < -0.3 is 0 Å². The van der Waals surface area contributed by atoms with Crippen molar-refractivity contribution in [3.8, 4) is 0 Å². The standard InChI is InChI=1S/C10H16.C8H16.C3H8.2C2H6/c1-2-9-7-4-5-8(6-7)10(9)3-1;1-2-8-6-4-3-5-7-8;1-3-2;2*1-2/h7-10H,1-6H2;8H,2-7H2,1H3;3H2,1-2H3;2*1-2H3. The minimum absolute atomic E-state index is 1.09. The van der Waals surface area contributed by atoms with E-state index in [0.29, 0.717) is 0 Å². The first-order valence-electron chi connectivity index (χ1n) is 12.3. The molecule has 4 unspecified atom stereocenters. The Labute approximate surface area is 161 Å². The van der Waals surface area contributed by atoms with Crippen LogP contribution in [0.25, 0.3) is 0 Å². The average molecular weight is 353 g/mol. The van der Waals surface area contributed by atoms with Gasteiger partial charge in [0.25, 0.3) is 0 Å². The Morgan fingerprint density at radius 1 is 0.560 bits per heavy atom. The minimum atomic E-state index is 1.09. The van der Waals surface area contributed by atoms with Crippen molar-refractivity contribution in [1.29, 1.82) is 0 Å². The predicted octanol–water partition coefficient (Wildman–Crippen LogP) is 9.28. The summed E-state index contributed by atoms with van der Waals surface area (Å²) in [7, 11) is 0. The zero-order valence-corrected chi connectivity index (χ0v) is 19.1. The molecule has 4 atom stereocenters. The third kappa shape index (κ3) is 8.49. The molecular weight excluding hydrogens is 300 g/mol. The molecule has 0 N–H and O–H groups in total. The van der Waals surface area contributed by atoms with Crippen LogP contribution in [-0.4, -0.2) is 0 Å². The van der Waals surface area contributed by atoms with Crippen molar-refractivity contribution in [2.75, 3.05) is 0 Å². The van der Waals surface area contributed by atoms with Gasteiger partial charge >= 0.3 is 0 Å². The predicted molar refractivity (Wildman–Crippen MR) is 117 cm³/mol. The summed E-state index contributed by atoms with van der Waals surface area (Å²) in [6, 6.07) is 0. The van der Waals surface area contributed by atoms with Crippen LogP contribution in [-0.2, 0) is 0 Å². The number of hydrogen-bond donors (Lipinski definition) is 0. The largest absolute Gasteiger partial charge is 0.0683 e. The fourth-order valence-corrected chi connectivity index (χ4v) is 5.61. The van der Waals surface area contributed by atoms with E-state index in [1.165, 1.54) is 68.6 Å². The van der Waals surface area contributed by atoms with Gasteiger partial charge in [0, 0.05) is 0 Å². The molecule has 0 aromatic rings. The van der Waals surface area contributed by atoms with Crippen LogP contribution in [0.15, 0.2) is 0 Å². The van der Waals surface area contributed by atoms with Crippen LogP contribution in [0.2, 0.25) is 0 Å². The topological polar surface area (TPSA) is 0 Å². The second-order valence-corrected chi connectivity index (χ2v) is 8.21. The van der Waals surface area contributed by atoms with Crippen LogP contribution in [0.4, 0.5) is 0 Å². The zero-order chi connectivity index (χ0) is 19.1. The first kappa shape index (κ1) is 25.0. The molecule has 0 nitrogen and oxygen atoms in total. The molecule has 4 aliphatic carbocycles. The van der Waals surface area contributed by atoms with Crippen molar-refractivity contribution in [2.24, 2.45) is 29.6 Å². The lowest BCUT2D eigenvalue weighted by Gasteiger charge is -2.23.